The van der Waals surface area contributed by atoms with Crippen molar-refractivity contribution in [3.63, 3.8) is 0 Å². The zero-order valence-electron chi connectivity index (χ0n) is 10.2. The Labute approximate surface area is 112 Å². The molecule has 2 rings (SSSR count). The van der Waals surface area contributed by atoms with Gasteiger partial charge >= 0.3 is 0 Å². The van der Waals surface area contributed by atoms with Gasteiger partial charge in [-0.15, -0.1) is 11.6 Å². The van der Waals surface area contributed by atoms with Gasteiger partial charge in [0.25, 0.3) is 0 Å². The number of hydrogen-bond donors (Lipinski definition) is 0. The zero-order valence-corrected chi connectivity index (χ0v) is 10.9. The molecule has 2 aromatic heterocycles. The SMILES string of the molecule is ClCCN(Cc1ccccn1)Cc1ccccn1. The van der Waals surface area contributed by atoms with Crippen LogP contribution in [0.15, 0.2) is 48.8 Å². The summed E-state index contributed by atoms with van der Waals surface area (Å²) in [5, 5.41) is 0. The zero-order chi connectivity index (χ0) is 12.6. The van der Waals surface area contributed by atoms with Crippen LogP contribution in [0.4, 0.5) is 0 Å². The summed E-state index contributed by atoms with van der Waals surface area (Å²) in [7, 11) is 0. The lowest BCUT2D eigenvalue weighted by atomic mass is 10.3. The summed E-state index contributed by atoms with van der Waals surface area (Å²) in [5.74, 6) is 0.611. The molecule has 0 unspecified atom stereocenters. The molecule has 0 saturated heterocycles. The normalized spacial score (nSPS) is 10.8. The van der Waals surface area contributed by atoms with Gasteiger partial charge in [-0.25, -0.2) is 0 Å². The lowest BCUT2D eigenvalue weighted by Gasteiger charge is -2.20. The van der Waals surface area contributed by atoms with E-state index >= 15 is 0 Å². The van der Waals surface area contributed by atoms with Gasteiger partial charge in [0.05, 0.1) is 11.4 Å². The number of halogens is 1. The van der Waals surface area contributed by atoms with Gasteiger partial charge in [0.15, 0.2) is 0 Å². The molecule has 18 heavy (non-hydrogen) atoms. The van der Waals surface area contributed by atoms with Gasteiger partial charge in [0, 0.05) is 37.9 Å². The van der Waals surface area contributed by atoms with Crippen LogP contribution < -0.4 is 0 Å². The van der Waals surface area contributed by atoms with Crippen LogP contribution in [0.5, 0.6) is 0 Å². The van der Waals surface area contributed by atoms with Gasteiger partial charge in [-0.1, -0.05) is 12.1 Å². The van der Waals surface area contributed by atoms with Crippen molar-refractivity contribution in [2.75, 3.05) is 12.4 Å². The average molecular weight is 262 g/mol. The first kappa shape index (κ1) is 13.0. The van der Waals surface area contributed by atoms with E-state index in [4.69, 9.17) is 11.6 Å². The van der Waals surface area contributed by atoms with Crippen LogP contribution in [0.2, 0.25) is 0 Å². The van der Waals surface area contributed by atoms with E-state index in [2.05, 4.69) is 14.9 Å². The van der Waals surface area contributed by atoms with Crippen molar-refractivity contribution in [2.45, 2.75) is 13.1 Å². The van der Waals surface area contributed by atoms with E-state index in [1.165, 1.54) is 0 Å². The molecule has 0 amide bonds. The number of alkyl halides is 1. The van der Waals surface area contributed by atoms with Crippen LogP contribution in [0.3, 0.4) is 0 Å². The third-order valence-electron chi connectivity index (χ3n) is 2.62. The third kappa shape index (κ3) is 4.09. The predicted octanol–water partition coefficient (Wildman–Crippen LogP) is 2.72. The molecule has 0 fully saturated rings. The van der Waals surface area contributed by atoms with Crippen molar-refractivity contribution < 1.29 is 0 Å². The Morgan fingerprint density at radius 1 is 0.889 bits per heavy atom. The van der Waals surface area contributed by atoms with E-state index in [1.807, 2.05) is 48.8 Å². The quantitative estimate of drug-likeness (QED) is 0.749. The molecular formula is C14H16ClN3. The number of pyridine rings is 2. The second-order valence-electron chi connectivity index (χ2n) is 4.04. The van der Waals surface area contributed by atoms with Crippen LogP contribution in [-0.4, -0.2) is 27.3 Å². The minimum absolute atomic E-state index is 0.611. The van der Waals surface area contributed by atoms with Crippen LogP contribution in [0.25, 0.3) is 0 Å². The predicted molar refractivity (Wildman–Crippen MR) is 73.3 cm³/mol. The Morgan fingerprint density at radius 2 is 1.44 bits per heavy atom. The molecule has 3 nitrogen and oxygen atoms in total. The summed E-state index contributed by atoms with van der Waals surface area (Å²) in [6.07, 6.45) is 3.63. The van der Waals surface area contributed by atoms with Crippen LogP contribution in [-0.2, 0) is 13.1 Å². The first-order valence-electron chi connectivity index (χ1n) is 5.96. The van der Waals surface area contributed by atoms with Crippen molar-refractivity contribution in [2.24, 2.45) is 0 Å². The van der Waals surface area contributed by atoms with Crippen molar-refractivity contribution in [1.29, 1.82) is 0 Å². The van der Waals surface area contributed by atoms with E-state index in [0.717, 1.165) is 31.0 Å². The highest BCUT2D eigenvalue weighted by Gasteiger charge is 2.07. The smallest absolute Gasteiger partial charge is 0.0544 e. The third-order valence-corrected chi connectivity index (χ3v) is 2.79. The molecule has 0 spiro atoms. The number of aromatic nitrogens is 2. The second kappa shape index (κ2) is 7.09. The molecule has 94 valence electrons. The van der Waals surface area contributed by atoms with Crippen molar-refractivity contribution in [3.8, 4) is 0 Å². The van der Waals surface area contributed by atoms with E-state index in [1.54, 1.807) is 0 Å². The van der Waals surface area contributed by atoms with Gasteiger partial charge in [-0.2, -0.15) is 0 Å². The molecule has 0 N–H and O–H groups in total. The summed E-state index contributed by atoms with van der Waals surface area (Å²) in [5.41, 5.74) is 2.11. The fourth-order valence-corrected chi connectivity index (χ4v) is 2.01. The lowest BCUT2D eigenvalue weighted by Crippen LogP contribution is -2.25. The largest absolute Gasteiger partial charge is 0.291 e. The Hall–Kier alpha value is -1.45. The molecule has 4 heteroatoms. The molecule has 0 aliphatic rings. The van der Waals surface area contributed by atoms with E-state index < -0.39 is 0 Å². The summed E-state index contributed by atoms with van der Waals surface area (Å²) in [6, 6.07) is 11.9. The van der Waals surface area contributed by atoms with Crippen molar-refractivity contribution in [3.05, 3.63) is 60.2 Å². The molecule has 0 radical (unpaired) electrons. The first-order valence-corrected chi connectivity index (χ1v) is 6.50. The standard InChI is InChI=1S/C14H16ClN3/c15-7-10-18(11-13-5-1-3-8-16-13)12-14-6-2-4-9-17-14/h1-6,8-9H,7,10-12H2. The van der Waals surface area contributed by atoms with Gasteiger partial charge in [0.2, 0.25) is 0 Å². The Bertz CT molecular complexity index is 406. The minimum atomic E-state index is 0.611. The fraction of sp³-hybridized carbons (Fsp3) is 0.286. The van der Waals surface area contributed by atoms with Gasteiger partial charge in [0.1, 0.15) is 0 Å². The summed E-state index contributed by atoms with van der Waals surface area (Å²) in [4.78, 5) is 10.9. The van der Waals surface area contributed by atoms with E-state index in [9.17, 15) is 0 Å². The summed E-state index contributed by atoms with van der Waals surface area (Å²) < 4.78 is 0. The Kier molecular flexibility index (Phi) is 5.12. The van der Waals surface area contributed by atoms with Crippen molar-refractivity contribution >= 4 is 11.6 Å². The van der Waals surface area contributed by atoms with Crippen LogP contribution >= 0.6 is 11.6 Å². The number of nitrogens with zero attached hydrogens (tertiary/aromatic N) is 3. The van der Waals surface area contributed by atoms with Crippen molar-refractivity contribution in [1.82, 2.24) is 14.9 Å². The maximum atomic E-state index is 5.85. The Morgan fingerprint density at radius 3 is 1.83 bits per heavy atom. The molecule has 0 aliphatic carbocycles. The highest BCUT2D eigenvalue weighted by atomic mass is 35.5. The van der Waals surface area contributed by atoms with E-state index in [0.29, 0.717) is 5.88 Å². The topological polar surface area (TPSA) is 29.0 Å². The average Bonchev–Trinajstić information content (AvgIpc) is 2.41. The highest BCUT2D eigenvalue weighted by molar-refractivity contribution is 6.18. The van der Waals surface area contributed by atoms with Crippen LogP contribution in [0, 0.1) is 0 Å². The molecular weight excluding hydrogens is 246 g/mol. The van der Waals surface area contributed by atoms with Gasteiger partial charge in [-0.3, -0.25) is 14.9 Å². The molecule has 0 bridgehead atoms. The monoisotopic (exact) mass is 261 g/mol. The molecule has 0 atom stereocenters. The summed E-state index contributed by atoms with van der Waals surface area (Å²) in [6.45, 7) is 2.42. The molecule has 0 aromatic carbocycles. The minimum Gasteiger partial charge on any atom is -0.291 e. The van der Waals surface area contributed by atoms with Gasteiger partial charge in [-0.05, 0) is 24.3 Å². The second-order valence-corrected chi connectivity index (χ2v) is 4.42. The maximum Gasteiger partial charge on any atom is 0.0544 e. The molecule has 2 heterocycles. The molecule has 0 aliphatic heterocycles. The highest BCUT2D eigenvalue weighted by Crippen LogP contribution is 2.06. The van der Waals surface area contributed by atoms with Gasteiger partial charge < -0.3 is 0 Å². The first-order chi connectivity index (χ1) is 8.88. The number of hydrogen-bond acceptors (Lipinski definition) is 3. The fourth-order valence-electron chi connectivity index (χ4n) is 1.78. The molecule has 2 aromatic rings. The van der Waals surface area contributed by atoms with E-state index in [-0.39, 0.29) is 0 Å². The lowest BCUT2D eigenvalue weighted by molar-refractivity contribution is 0.266. The molecule has 0 saturated carbocycles. The summed E-state index contributed by atoms with van der Waals surface area (Å²) >= 11 is 5.85. The van der Waals surface area contributed by atoms with Crippen LogP contribution in [0.1, 0.15) is 11.4 Å². The maximum absolute atomic E-state index is 5.85. The Balaban J connectivity index is 2.00. The number of rotatable bonds is 6.